The van der Waals surface area contributed by atoms with Crippen molar-refractivity contribution in [2.75, 3.05) is 0 Å². The molecule has 0 saturated carbocycles. The third-order valence-corrected chi connectivity index (χ3v) is 11.6. The molecule has 0 aliphatic heterocycles. The second-order valence-corrected chi connectivity index (χ2v) is 14.7. The molecule has 0 fully saturated rings. The van der Waals surface area contributed by atoms with E-state index >= 15 is 0 Å². The van der Waals surface area contributed by atoms with E-state index in [9.17, 15) is 0 Å². The molecular formula is C49H29N3S. The number of nitrogens with zero attached hydrogens (tertiary/aromatic N) is 3. The predicted molar refractivity (Wildman–Crippen MR) is 224 cm³/mol. The maximum atomic E-state index is 5.32. The summed E-state index contributed by atoms with van der Waals surface area (Å²) in [6.07, 6.45) is 0. The zero-order valence-corrected chi connectivity index (χ0v) is 29.3. The van der Waals surface area contributed by atoms with Crippen LogP contribution in [0.2, 0.25) is 0 Å². The lowest BCUT2D eigenvalue weighted by Gasteiger charge is -2.13. The van der Waals surface area contributed by atoms with Gasteiger partial charge in [0.2, 0.25) is 0 Å². The van der Waals surface area contributed by atoms with E-state index in [1.165, 1.54) is 52.5 Å². The molecule has 0 amide bonds. The topological polar surface area (TPSA) is 38.7 Å². The number of hydrogen-bond acceptors (Lipinski definition) is 4. The van der Waals surface area contributed by atoms with Gasteiger partial charge in [-0.15, -0.1) is 11.3 Å². The summed E-state index contributed by atoms with van der Waals surface area (Å²) in [6.45, 7) is 0. The monoisotopic (exact) mass is 691 g/mol. The maximum Gasteiger partial charge on any atom is 0.160 e. The van der Waals surface area contributed by atoms with Gasteiger partial charge in [-0.3, -0.25) is 0 Å². The molecule has 0 spiro atoms. The van der Waals surface area contributed by atoms with Gasteiger partial charge in [-0.25, -0.2) is 15.0 Å². The molecule has 0 unspecified atom stereocenters. The Labute approximate surface area is 309 Å². The molecule has 0 aliphatic carbocycles. The highest BCUT2D eigenvalue weighted by molar-refractivity contribution is 7.26. The molecule has 4 heteroatoms. The van der Waals surface area contributed by atoms with Crippen molar-refractivity contribution in [3.8, 4) is 45.2 Å². The molecule has 53 heavy (non-hydrogen) atoms. The largest absolute Gasteiger partial charge is 0.247 e. The fraction of sp³-hybridized carbons (Fsp3) is 0. The normalized spacial score (nSPS) is 11.8. The first-order valence-corrected chi connectivity index (χ1v) is 18.7. The van der Waals surface area contributed by atoms with Gasteiger partial charge >= 0.3 is 0 Å². The lowest BCUT2D eigenvalue weighted by Crippen LogP contribution is -1.97. The van der Waals surface area contributed by atoms with E-state index in [0.29, 0.717) is 5.82 Å². The Morgan fingerprint density at radius 1 is 0.358 bits per heavy atom. The fourth-order valence-corrected chi connectivity index (χ4v) is 9.08. The number of para-hydroxylation sites is 1. The third kappa shape index (κ3) is 4.99. The lowest BCUT2D eigenvalue weighted by molar-refractivity contribution is 1.18. The van der Waals surface area contributed by atoms with Crippen LogP contribution in [0.5, 0.6) is 0 Å². The number of rotatable bonds is 4. The molecule has 0 bridgehead atoms. The number of pyridine rings is 1. The Hall–Kier alpha value is -6.75. The average Bonchev–Trinajstić information content (AvgIpc) is 3.62. The van der Waals surface area contributed by atoms with Crippen LogP contribution in [0.4, 0.5) is 0 Å². The van der Waals surface area contributed by atoms with E-state index in [4.69, 9.17) is 15.0 Å². The molecular weight excluding hydrogens is 663 g/mol. The lowest BCUT2D eigenvalue weighted by atomic mass is 9.97. The molecule has 0 aliphatic rings. The van der Waals surface area contributed by atoms with Gasteiger partial charge in [0.15, 0.2) is 5.82 Å². The molecule has 3 heterocycles. The summed E-state index contributed by atoms with van der Waals surface area (Å²) in [4.78, 5) is 15.8. The Morgan fingerprint density at radius 3 is 1.70 bits per heavy atom. The van der Waals surface area contributed by atoms with Crippen molar-refractivity contribution < 1.29 is 0 Å². The van der Waals surface area contributed by atoms with Gasteiger partial charge in [-0.1, -0.05) is 140 Å². The summed E-state index contributed by atoms with van der Waals surface area (Å²) in [7, 11) is 0. The maximum absolute atomic E-state index is 5.32. The average molecular weight is 692 g/mol. The third-order valence-electron chi connectivity index (χ3n) is 10.4. The standard InChI is InChI=1S/C49H29N3S/c1-3-12-32-26-34(22-20-30(32)10-1)43-29-44(35-23-21-31-11-2-4-13-33(31)27-35)52-49(51-43)37-15-9-14-36(28-37)47-41-25-24-39-38-16-6-8-19-45(38)53-48(39)46(41)40-17-5-7-18-42(40)50-47/h1-29H. The molecule has 11 rings (SSSR count). The Kier molecular flexibility index (Phi) is 6.73. The van der Waals surface area contributed by atoms with Crippen molar-refractivity contribution in [3.63, 3.8) is 0 Å². The fourth-order valence-electron chi connectivity index (χ4n) is 7.81. The van der Waals surface area contributed by atoms with Crippen LogP contribution in [0.25, 0.3) is 109 Å². The smallest absolute Gasteiger partial charge is 0.160 e. The minimum Gasteiger partial charge on any atom is -0.247 e. The SMILES string of the molecule is c1cc(-c2nc(-c3ccc4ccccc4c3)cc(-c3ccc4ccccc4c3)n2)cc(-c2nc3ccccc3c3c2ccc2c4ccccc4sc23)c1. The van der Waals surface area contributed by atoms with Crippen LogP contribution in [-0.4, -0.2) is 15.0 Å². The van der Waals surface area contributed by atoms with Gasteiger partial charge in [-0.05, 0) is 57.9 Å². The van der Waals surface area contributed by atoms with Crippen LogP contribution >= 0.6 is 11.3 Å². The van der Waals surface area contributed by atoms with E-state index < -0.39 is 0 Å². The quantitative estimate of drug-likeness (QED) is 0.172. The number of hydrogen-bond donors (Lipinski definition) is 0. The van der Waals surface area contributed by atoms with Gasteiger partial charge < -0.3 is 0 Å². The van der Waals surface area contributed by atoms with Crippen molar-refractivity contribution in [1.82, 2.24) is 15.0 Å². The molecule has 0 atom stereocenters. The van der Waals surface area contributed by atoms with E-state index in [1.807, 2.05) is 11.3 Å². The van der Waals surface area contributed by atoms with E-state index in [-0.39, 0.29) is 0 Å². The second kappa shape index (κ2) is 11.9. The molecule has 11 aromatic rings. The Bertz CT molecular complexity index is 3150. The van der Waals surface area contributed by atoms with Crippen molar-refractivity contribution in [2.24, 2.45) is 0 Å². The first-order valence-electron chi connectivity index (χ1n) is 17.8. The second-order valence-electron chi connectivity index (χ2n) is 13.6. The first-order chi connectivity index (χ1) is 26.2. The molecule has 0 radical (unpaired) electrons. The van der Waals surface area contributed by atoms with Crippen molar-refractivity contribution >= 4 is 74.7 Å². The summed E-state index contributed by atoms with van der Waals surface area (Å²) in [5.74, 6) is 0.678. The van der Waals surface area contributed by atoms with Crippen molar-refractivity contribution in [2.45, 2.75) is 0 Å². The first kappa shape index (κ1) is 29.9. The highest BCUT2D eigenvalue weighted by atomic mass is 32.1. The van der Waals surface area contributed by atoms with Gasteiger partial charge in [0.25, 0.3) is 0 Å². The number of thiophene rings is 1. The van der Waals surface area contributed by atoms with Crippen molar-refractivity contribution in [3.05, 3.63) is 176 Å². The highest BCUT2D eigenvalue weighted by Crippen LogP contribution is 2.43. The van der Waals surface area contributed by atoms with Gasteiger partial charge in [-0.2, -0.15) is 0 Å². The highest BCUT2D eigenvalue weighted by Gasteiger charge is 2.18. The molecule has 0 N–H and O–H groups in total. The van der Waals surface area contributed by atoms with Gasteiger partial charge in [0, 0.05) is 58.6 Å². The molecule has 3 nitrogen and oxygen atoms in total. The zero-order chi connectivity index (χ0) is 34.9. The number of fused-ring (bicyclic) bond motifs is 9. The summed E-state index contributed by atoms with van der Waals surface area (Å²) >= 11 is 1.86. The zero-order valence-electron chi connectivity index (χ0n) is 28.5. The Balaban J connectivity index is 1.12. The van der Waals surface area contributed by atoms with Crippen LogP contribution in [0.3, 0.4) is 0 Å². The number of benzene rings is 8. The molecule has 0 saturated heterocycles. The van der Waals surface area contributed by atoms with E-state index in [2.05, 4.69) is 176 Å². The predicted octanol–water partition coefficient (Wildman–Crippen LogP) is 13.5. The van der Waals surface area contributed by atoms with Crippen LogP contribution in [0, 0.1) is 0 Å². The summed E-state index contributed by atoms with van der Waals surface area (Å²) in [6, 6.07) is 62.5. The minimum absolute atomic E-state index is 0.678. The van der Waals surface area contributed by atoms with Crippen LogP contribution in [-0.2, 0) is 0 Å². The summed E-state index contributed by atoms with van der Waals surface area (Å²) in [5.41, 5.74) is 7.80. The van der Waals surface area contributed by atoms with Crippen LogP contribution in [0.1, 0.15) is 0 Å². The van der Waals surface area contributed by atoms with E-state index in [1.54, 1.807) is 0 Å². The van der Waals surface area contributed by atoms with Gasteiger partial charge in [0.05, 0.1) is 22.6 Å². The van der Waals surface area contributed by atoms with Crippen LogP contribution < -0.4 is 0 Å². The molecule has 3 aromatic heterocycles. The number of aromatic nitrogens is 3. The summed E-state index contributed by atoms with van der Waals surface area (Å²) in [5, 5.41) is 10.9. The van der Waals surface area contributed by atoms with Gasteiger partial charge in [0.1, 0.15) is 0 Å². The molecule has 8 aromatic carbocycles. The Morgan fingerprint density at radius 2 is 0.962 bits per heavy atom. The molecule has 246 valence electrons. The van der Waals surface area contributed by atoms with Crippen molar-refractivity contribution in [1.29, 1.82) is 0 Å². The summed E-state index contributed by atoms with van der Waals surface area (Å²) < 4.78 is 2.59. The van der Waals surface area contributed by atoms with E-state index in [0.717, 1.165) is 50.2 Å². The van der Waals surface area contributed by atoms with Crippen LogP contribution in [0.15, 0.2) is 176 Å². The minimum atomic E-state index is 0.678.